The second kappa shape index (κ2) is 14.3. The van der Waals surface area contributed by atoms with E-state index in [0.29, 0.717) is 18.5 Å². The van der Waals surface area contributed by atoms with Gasteiger partial charge < -0.3 is 25.4 Å². The van der Waals surface area contributed by atoms with Crippen LogP contribution < -0.4 is 10.6 Å². The molecule has 8 heteroatoms. The number of aryl methyl sites for hydroxylation is 1. The van der Waals surface area contributed by atoms with Gasteiger partial charge in [0, 0.05) is 19.5 Å². The highest BCUT2D eigenvalue weighted by Crippen LogP contribution is 2.25. The Hall–Kier alpha value is -4.33. The minimum absolute atomic E-state index is 0.0962. The van der Waals surface area contributed by atoms with Crippen LogP contribution in [0, 0.1) is 6.92 Å². The number of rotatable bonds is 11. The molecule has 41 heavy (non-hydrogen) atoms. The largest absolute Gasteiger partial charge is 0.508 e. The summed E-state index contributed by atoms with van der Waals surface area (Å²) in [5.74, 6) is -0.631. The maximum Gasteiger partial charge on any atom is 0.408 e. The highest BCUT2D eigenvalue weighted by atomic mass is 16.6. The molecule has 0 aliphatic heterocycles. The molecule has 0 saturated carbocycles. The van der Waals surface area contributed by atoms with Crippen LogP contribution in [0.15, 0.2) is 78.9 Å². The lowest BCUT2D eigenvalue weighted by atomic mass is 9.98. The van der Waals surface area contributed by atoms with E-state index in [0.717, 1.165) is 16.7 Å². The fourth-order valence-electron chi connectivity index (χ4n) is 4.52. The van der Waals surface area contributed by atoms with Crippen molar-refractivity contribution < 1.29 is 24.2 Å². The third kappa shape index (κ3) is 9.67. The molecule has 0 aromatic heterocycles. The summed E-state index contributed by atoms with van der Waals surface area (Å²) >= 11 is 0. The second-order valence-electron chi connectivity index (χ2n) is 11.1. The lowest BCUT2D eigenvalue weighted by Crippen LogP contribution is -2.54. The van der Waals surface area contributed by atoms with Gasteiger partial charge in [-0.1, -0.05) is 79.2 Å². The van der Waals surface area contributed by atoms with Crippen molar-refractivity contribution in [1.82, 2.24) is 15.5 Å². The van der Waals surface area contributed by atoms with Gasteiger partial charge in [-0.05, 0) is 62.9 Å². The molecule has 0 saturated heterocycles. The van der Waals surface area contributed by atoms with Crippen LogP contribution in [0.25, 0.3) is 0 Å². The average Bonchev–Trinajstić information content (AvgIpc) is 2.91. The predicted octanol–water partition coefficient (Wildman–Crippen LogP) is 5.43. The zero-order valence-electron chi connectivity index (χ0n) is 24.5. The molecule has 3 rings (SSSR count). The maximum absolute atomic E-state index is 14.3. The number of nitrogens with one attached hydrogen (secondary N) is 2. The molecule has 0 aliphatic rings. The normalized spacial score (nSPS) is 12.6. The molecular weight excluding hydrogens is 518 g/mol. The van der Waals surface area contributed by atoms with Crippen molar-refractivity contribution in [2.75, 3.05) is 6.54 Å². The van der Waals surface area contributed by atoms with Crippen molar-refractivity contribution in [2.45, 2.75) is 71.7 Å². The van der Waals surface area contributed by atoms with Crippen LogP contribution in [0.2, 0.25) is 0 Å². The molecule has 0 fully saturated rings. The number of benzene rings is 3. The van der Waals surface area contributed by atoms with E-state index in [1.165, 1.54) is 17.0 Å². The summed E-state index contributed by atoms with van der Waals surface area (Å²) in [5, 5.41) is 15.5. The first kappa shape index (κ1) is 31.2. The number of amides is 3. The summed E-state index contributed by atoms with van der Waals surface area (Å²) in [6, 6.07) is 21.6. The van der Waals surface area contributed by atoms with Crippen LogP contribution >= 0.6 is 0 Å². The van der Waals surface area contributed by atoms with E-state index in [9.17, 15) is 19.5 Å². The van der Waals surface area contributed by atoms with Crippen LogP contribution in [-0.4, -0.2) is 46.1 Å². The van der Waals surface area contributed by atoms with Crippen molar-refractivity contribution in [3.05, 3.63) is 101 Å². The minimum atomic E-state index is -1.02. The number of ether oxygens (including phenoxy) is 1. The fourth-order valence-corrected chi connectivity index (χ4v) is 4.52. The Morgan fingerprint density at radius 3 is 2.22 bits per heavy atom. The lowest BCUT2D eigenvalue weighted by Gasteiger charge is -2.34. The molecular formula is C33H41N3O5. The minimum Gasteiger partial charge on any atom is -0.508 e. The van der Waals surface area contributed by atoms with E-state index in [4.69, 9.17) is 4.74 Å². The van der Waals surface area contributed by atoms with Gasteiger partial charge in [0.05, 0.1) is 0 Å². The van der Waals surface area contributed by atoms with Crippen LogP contribution in [0.5, 0.6) is 5.75 Å². The van der Waals surface area contributed by atoms with Crippen molar-refractivity contribution in [2.24, 2.45) is 0 Å². The first-order chi connectivity index (χ1) is 19.5. The molecule has 0 bridgehead atoms. The number of alkyl carbamates (subject to hydrolysis) is 1. The zero-order chi connectivity index (χ0) is 30.0. The van der Waals surface area contributed by atoms with Crippen LogP contribution in [0.3, 0.4) is 0 Å². The van der Waals surface area contributed by atoms with Crippen LogP contribution in [-0.2, 0) is 27.3 Å². The van der Waals surface area contributed by atoms with Gasteiger partial charge in [0.15, 0.2) is 0 Å². The van der Waals surface area contributed by atoms with Crippen molar-refractivity contribution in [3.8, 4) is 5.75 Å². The van der Waals surface area contributed by atoms with Gasteiger partial charge in [-0.25, -0.2) is 4.79 Å². The molecule has 8 nitrogen and oxygen atoms in total. The molecule has 218 valence electrons. The molecule has 3 amide bonds. The van der Waals surface area contributed by atoms with Crippen molar-refractivity contribution in [1.29, 1.82) is 0 Å². The third-order valence-electron chi connectivity index (χ3n) is 6.34. The summed E-state index contributed by atoms with van der Waals surface area (Å²) < 4.78 is 5.47. The van der Waals surface area contributed by atoms with Gasteiger partial charge in [0.25, 0.3) is 0 Å². The Morgan fingerprint density at radius 2 is 1.61 bits per heavy atom. The van der Waals surface area contributed by atoms with Gasteiger partial charge in [0.2, 0.25) is 11.8 Å². The van der Waals surface area contributed by atoms with E-state index < -0.39 is 29.7 Å². The Labute approximate surface area is 242 Å². The quantitative estimate of drug-likeness (QED) is 0.290. The van der Waals surface area contributed by atoms with Gasteiger partial charge in [-0.2, -0.15) is 0 Å². The predicted molar refractivity (Wildman–Crippen MR) is 159 cm³/mol. The Kier molecular flexibility index (Phi) is 10.9. The first-order valence-corrected chi connectivity index (χ1v) is 13.9. The number of aromatic hydroxyl groups is 1. The van der Waals surface area contributed by atoms with Crippen LogP contribution in [0.1, 0.15) is 62.4 Å². The smallest absolute Gasteiger partial charge is 0.408 e. The summed E-state index contributed by atoms with van der Waals surface area (Å²) in [5.41, 5.74) is 2.54. The summed E-state index contributed by atoms with van der Waals surface area (Å²) in [6.07, 6.45) is 0.00932. The molecule has 0 heterocycles. The number of hydrogen-bond acceptors (Lipinski definition) is 5. The Balaban J connectivity index is 1.98. The lowest BCUT2D eigenvalue weighted by molar-refractivity contribution is -0.142. The molecule has 3 aromatic carbocycles. The molecule has 0 radical (unpaired) electrons. The van der Waals surface area contributed by atoms with Crippen LogP contribution in [0.4, 0.5) is 4.79 Å². The monoisotopic (exact) mass is 559 g/mol. The van der Waals surface area contributed by atoms with E-state index in [1.807, 2.05) is 68.4 Å². The fraction of sp³-hybridized carbons (Fsp3) is 0.364. The first-order valence-electron chi connectivity index (χ1n) is 13.9. The standard InChI is InChI=1S/C33H41N3O5/c1-6-19-36(29(26-14-10-11-23(2)20-26)30(38)34-22-25-12-8-7-9-13-25)31(39)28(35-32(40)41-33(3,4)5)21-24-15-17-27(37)18-16-24/h7-18,20,28-29,37H,6,19,21-22H2,1-5H3,(H,34,38)(H,35,40). The van der Waals surface area contributed by atoms with E-state index in [2.05, 4.69) is 10.6 Å². The van der Waals surface area contributed by atoms with E-state index in [-0.39, 0.29) is 24.6 Å². The summed E-state index contributed by atoms with van der Waals surface area (Å²) in [4.78, 5) is 42.5. The van der Waals surface area contributed by atoms with Gasteiger partial charge in [0.1, 0.15) is 23.4 Å². The number of phenols is 1. The molecule has 3 aromatic rings. The maximum atomic E-state index is 14.3. The van der Waals surface area contributed by atoms with Crippen molar-refractivity contribution >= 4 is 17.9 Å². The molecule has 2 unspecified atom stereocenters. The Bertz CT molecular complexity index is 1300. The highest BCUT2D eigenvalue weighted by Gasteiger charge is 2.36. The number of carbonyl (C=O) groups is 3. The zero-order valence-corrected chi connectivity index (χ0v) is 24.5. The summed E-state index contributed by atoms with van der Waals surface area (Å²) in [7, 11) is 0. The van der Waals surface area contributed by atoms with Gasteiger partial charge >= 0.3 is 6.09 Å². The number of nitrogens with zero attached hydrogens (tertiary/aromatic N) is 1. The highest BCUT2D eigenvalue weighted by molar-refractivity contribution is 5.92. The van der Waals surface area contributed by atoms with Gasteiger partial charge in [-0.15, -0.1) is 0 Å². The van der Waals surface area contributed by atoms with Gasteiger partial charge in [-0.3, -0.25) is 9.59 Å². The van der Waals surface area contributed by atoms with Crippen molar-refractivity contribution in [3.63, 3.8) is 0 Å². The van der Waals surface area contributed by atoms with E-state index in [1.54, 1.807) is 32.9 Å². The van der Waals surface area contributed by atoms with E-state index >= 15 is 0 Å². The Morgan fingerprint density at radius 1 is 0.927 bits per heavy atom. The second-order valence-corrected chi connectivity index (χ2v) is 11.1. The topological polar surface area (TPSA) is 108 Å². The summed E-state index contributed by atoms with van der Waals surface area (Å²) in [6.45, 7) is 9.71. The molecule has 3 N–H and O–H groups in total. The third-order valence-corrected chi connectivity index (χ3v) is 6.34. The molecule has 0 aliphatic carbocycles. The molecule has 0 spiro atoms. The number of hydrogen-bond donors (Lipinski definition) is 3. The average molecular weight is 560 g/mol. The molecule has 2 atom stereocenters. The SMILES string of the molecule is CCCN(C(=O)C(Cc1ccc(O)cc1)NC(=O)OC(C)(C)C)C(C(=O)NCc1ccccc1)c1cccc(C)c1. The number of phenolic OH excluding ortho intramolecular Hbond substituents is 1. The number of carbonyl (C=O) groups excluding carboxylic acids is 3.